The molecule has 2 aromatic carbocycles. The zero-order valence-corrected chi connectivity index (χ0v) is 21.4. The predicted octanol–water partition coefficient (Wildman–Crippen LogP) is 5.46. The molecule has 2 aliphatic carbocycles. The van der Waals surface area contributed by atoms with Crippen LogP contribution in [0.1, 0.15) is 61.1 Å². The lowest BCUT2D eigenvalue weighted by Gasteiger charge is -2.36. The number of allylic oxidation sites excluding steroid dienone is 4. The number of rotatable bonds is 6. The van der Waals surface area contributed by atoms with Crippen molar-refractivity contribution in [1.82, 2.24) is 0 Å². The quantitative estimate of drug-likeness (QED) is 0.565. The summed E-state index contributed by atoms with van der Waals surface area (Å²) in [7, 11) is 1.53. The number of methoxy groups -OCH3 is 1. The molecule has 1 aliphatic heterocycles. The van der Waals surface area contributed by atoms with Gasteiger partial charge in [0.05, 0.1) is 7.11 Å². The number of Topliss-reactive ketones (excluding diaryl/α,β-unsaturated/α-hetero) is 2. The number of carbonyl (C=O) groups excluding carboxylic acids is 3. The first-order valence-corrected chi connectivity index (χ1v) is 12.7. The molecule has 0 unspecified atom stereocenters. The van der Waals surface area contributed by atoms with Crippen LogP contribution in [-0.2, 0) is 19.1 Å². The molecule has 2 aromatic rings. The van der Waals surface area contributed by atoms with E-state index in [-0.39, 0.29) is 24.1 Å². The molecule has 3 aliphatic rings. The summed E-state index contributed by atoms with van der Waals surface area (Å²) in [6, 6.07) is 11.1. The lowest BCUT2D eigenvalue weighted by Crippen LogP contribution is -2.30. The van der Waals surface area contributed by atoms with Gasteiger partial charge in [-0.05, 0) is 61.6 Å². The van der Waals surface area contributed by atoms with Gasteiger partial charge < -0.3 is 19.5 Å². The van der Waals surface area contributed by atoms with E-state index in [1.807, 2.05) is 38.1 Å². The smallest absolute Gasteiger partial charge is 0.262 e. The monoisotopic (exact) mass is 501 g/mol. The van der Waals surface area contributed by atoms with Gasteiger partial charge in [0.15, 0.2) is 29.7 Å². The first kappa shape index (κ1) is 24.8. The molecule has 1 heterocycles. The van der Waals surface area contributed by atoms with E-state index < -0.39 is 5.92 Å². The fourth-order valence-corrected chi connectivity index (χ4v) is 5.35. The average molecular weight is 502 g/mol. The van der Waals surface area contributed by atoms with Crippen LogP contribution < -0.4 is 14.8 Å². The summed E-state index contributed by atoms with van der Waals surface area (Å²) in [6.07, 6.45) is 3.78. The molecule has 7 heteroatoms. The Morgan fingerprint density at radius 1 is 0.946 bits per heavy atom. The van der Waals surface area contributed by atoms with E-state index in [0.717, 1.165) is 35.2 Å². The molecule has 5 rings (SSSR count). The molecule has 192 valence electrons. The Hall–Kier alpha value is -3.87. The standard InChI is InChI=1S/C30H31NO6/c1-17-7-4-8-20(18(17)2)31-27(34)16-36-23-14-13-19(15-26(23)35-3)28-29-21(32)9-5-11-24(29)37-25-12-6-10-22(33)30(25)28/h4,7-8,13-15,28H,5-6,9-12,16H2,1-3H3,(H,31,34). The normalized spacial score (nSPS) is 17.7. The lowest BCUT2D eigenvalue weighted by atomic mass is 9.73. The van der Waals surface area contributed by atoms with Gasteiger partial charge in [-0.15, -0.1) is 0 Å². The molecule has 0 saturated heterocycles. The molecule has 37 heavy (non-hydrogen) atoms. The lowest BCUT2D eigenvalue weighted by molar-refractivity contribution is -0.119. The number of carbonyl (C=O) groups is 3. The van der Waals surface area contributed by atoms with E-state index in [4.69, 9.17) is 14.2 Å². The molecule has 0 bridgehead atoms. The highest BCUT2D eigenvalue weighted by molar-refractivity contribution is 6.05. The minimum atomic E-state index is -0.477. The number of benzene rings is 2. The van der Waals surface area contributed by atoms with E-state index in [1.165, 1.54) is 7.11 Å². The van der Waals surface area contributed by atoms with E-state index >= 15 is 0 Å². The number of aryl methyl sites for hydroxylation is 1. The predicted molar refractivity (Wildman–Crippen MR) is 139 cm³/mol. The van der Waals surface area contributed by atoms with Crippen molar-refractivity contribution in [1.29, 1.82) is 0 Å². The molecular weight excluding hydrogens is 470 g/mol. The number of hydrogen-bond acceptors (Lipinski definition) is 6. The minimum Gasteiger partial charge on any atom is -0.493 e. The van der Waals surface area contributed by atoms with Gasteiger partial charge in [0.2, 0.25) is 0 Å². The summed E-state index contributed by atoms with van der Waals surface area (Å²) in [5, 5.41) is 2.89. The molecular formula is C30H31NO6. The van der Waals surface area contributed by atoms with Crippen molar-refractivity contribution < 1.29 is 28.6 Å². The third kappa shape index (κ3) is 4.78. The maximum absolute atomic E-state index is 13.0. The van der Waals surface area contributed by atoms with Crippen LogP contribution in [0.5, 0.6) is 11.5 Å². The van der Waals surface area contributed by atoms with Crippen LogP contribution in [-0.4, -0.2) is 31.2 Å². The van der Waals surface area contributed by atoms with Crippen LogP contribution >= 0.6 is 0 Å². The zero-order chi connectivity index (χ0) is 26.1. The zero-order valence-electron chi connectivity index (χ0n) is 21.4. The molecule has 0 atom stereocenters. The first-order valence-electron chi connectivity index (χ1n) is 12.7. The third-order valence-corrected chi connectivity index (χ3v) is 7.40. The number of ether oxygens (including phenoxy) is 3. The number of nitrogens with one attached hydrogen (secondary N) is 1. The maximum atomic E-state index is 13.0. The second kappa shape index (κ2) is 10.2. The van der Waals surface area contributed by atoms with Gasteiger partial charge in [-0.1, -0.05) is 18.2 Å². The van der Waals surface area contributed by atoms with Crippen molar-refractivity contribution in [3.05, 3.63) is 75.8 Å². The second-order valence-electron chi connectivity index (χ2n) is 9.76. The average Bonchev–Trinajstić information content (AvgIpc) is 2.89. The molecule has 0 saturated carbocycles. The van der Waals surface area contributed by atoms with Crippen molar-refractivity contribution in [3.8, 4) is 11.5 Å². The summed E-state index contributed by atoms with van der Waals surface area (Å²) in [4.78, 5) is 38.6. The van der Waals surface area contributed by atoms with Gasteiger partial charge in [-0.2, -0.15) is 0 Å². The van der Waals surface area contributed by atoms with Crippen LogP contribution in [0.3, 0.4) is 0 Å². The van der Waals surface area contributed by atoms with Crippen molar-refractivity contribution in [2.75, 3.05) is 19.0 Å². The molecule has 1 N–H and O–H groups in total. The van der Waals surface area contributed by atoms with Gasteiger partial charge in [0, 0.05) is 48.4 Å². The first-order chi connectivity index (χ1) is 17.9. The number of amides is 1. The Labute approximate surface area is 216 Å². The Morgan fingerprint density at radius 2 is 1.62 bits per heavy atom. The summed E-state index contributed by atoms with van der Waals surface area (Å²) in [5.41, 5.74) is 4.79. The van der Waals surface area contributed by atoms with Crippen molar-refractivity contribution in [2.24, 2.45) is 0 Å². The number of hydrogen-bond donors (Lipinski definition) is 1. The molecule has 0 spiro atoms. The summed E-state index contributed by atoms with van der Waals surface area (Å²) in [5.74, 6) is 1.51. The molecule has 1 amide bonds. The molecule has 0 fully saturated rings. The van der Waals surface area contributed by atoms with Crippen molar-refractivity contribution in [2.45, 2.75) is 58.3 Å². The summed E-state index contributed by atoms with van der Waals surface area (Å²) < 4.78 is 17.5. The van der Waals surface area contributed by atoms with E-state index in [9.17, 15) is 14.4 Å². The summed E-state index contributed by atoms with van der Waals surface area (Å²) in [6.45, 7) is 3.76. The highest BCUT2D eigenvalue weighted by Gasteiger charge is 2.42. The van der Waals surface area contributed by atoms with E-state index in [0.29, 0.717) is 59.8 Å². The summed E-state index contributed by atoms with van der Waals surface area (Å²) >= 11 is 0. The fourth-order valence-electron chi connectivity index (χ4n) is 5.35. The van der Waals surface area contributed by atoms with Crippen LogP contribution in [0.2, 0.25) is 0 Å². The van der Waals surface area contributed by atoms with Gasteiger partial charge in [-0.25, -0.2) is 0 Å². The van der Waals surface area contributed by atoms with Gasteiger partial charge in [0.25, 0.3) is 5.91 Å². The Morgan fingerprint density at radius 3 is 2.27 bits per heavy atom. The molecule has 7 nitrogen and oxygen atoms in total. The third-order valence-electron chi connectivity index (χ3n) is 7.40. The Balaban J connectivity index is 1.41. The van der Waals surface area contributed by atoms with Gasteiger partial charge in [-0.3, -0.25) is 14.4 Å². The Bertz CT molecular complexity index is 1310. The van der Waals surface area contributed by atoms with Crippen LogP contribution in [0.25, 0.3) is 0 Å². The topological polar surface area (TPSA) is 90.9 Å². The number of ketones is 2. The van der Waals surface area contributed by atoms with E-state index in [2.05, 4.69) is 5.32 Å². The fraction of sp³-hybridized carbons (Fsp3) is 0.367. The molecule has 0 radical (unpaired) electrons. The minimum absolute atomic E-state index is 0.0265. The molecule has 0 aromatic heterocycles. The maximum Gasteiger partial charge on any atom is 0.262 e. The SMILES string of the molecule is COc1cc(C2C3=C(CCCC3=O)OC3=C2C(=O)CCC3)ccc1OCC(=O)Nc1cccc(C)c1C. The largest absolute Gasteiger partial charge is 0.493 e. The second-order valence-corrected chi connectivity index (χ2v) is 9.76. The van der Waals surface area contributed by atoms with Crippen molar-refractivity contribution in [3.63, 3.8) is 0 Å². The highest BCUT2D eigenvalue weighted by Crippen LogP contribution is 2.48. The van der Waals surface area contributed by atoms with Crippen molar-refractivity contribution >= 4 is 23.2 Å². The van der Waals surface area contributed by atoms with Gasteiger partial charge >= 0.3 is 0 Å². The van der Waals surface area contributed by atoms with Crippen LogP contribution in [0.15, 0.2) is 59.1 Å². The number of anilines is 1. The van der Waals surface area contributed by atoms with Crippen LogP contribution in [0.4, 0.5) is 5.69 Å². The Kier molecular flexibility index (Phi) is 6.87. The highest BCUT2D eigenvalue weighted by atomic mass is 16.5. The van der Waals surface area contributed by atoms with E-state index in [1.54, 1.807) is 12.1 Å². The van der Waals surface area contributed by atoms with Gasteiger partial charge in [0.1, 0.15) is 11.5 Å². The van der Waals surface area contributed by atoms with Crippen LogP contribution in [0, 0.1) is 13.8 Å².